The molecule has 0 atom stereocenters. The number of hydrogen-bond acceptors (Lipinski definition) is 3. The van der Waals surface area contributed by atoms with Gasteiger partial charge >= 0.3 is 0 Å². The Bertz CT molecular complexity index is 604. The normalized spacial score (nSPS) is 11.6. The molecule has 1 aromatic carbocycles. The fraction of sp³-hybridized carbons (Fsp3) is 0.357. The summed E-state index contributed by atoms with van der Waals surface area (Å²) in [5, 5.41) is 2.58. The van der Waals surface area contributed by atoms with Crippen LogP contribution >= 0.6 is 22.9 Å². The molecule has 0 bridgehead atoms. The number of nitrogens with zero attached hydrogens (tertiary/aromatic N) is 2. The topological polar surface area (TPSA) is 16.1 Å². The van der Waals surface area contributed by atoms with Crippen molar-refractivity contribution >= 4 is 22.9 Å². The van der Waals surface area contributed by atoms with Crippen LogP contribution in [0.2, 0.25) is 0 Å². The fourth-order valence-corrected chi connectivity index (χ4v) is 2.97. The lowest BCUT2D eigenvalue weighted by atomic mass is 10.1. The van der Waals surface area contributed by atoms with Gasteiger partial charge in [-0.2, -0.15) is 0 Å². The highest BCUT2D eigenvalue weighted by Crippen LogP contribution is 2.26. The van der Waals surface area contributed by atoms with E-state index in [1.54, 1.807) is 12.1 Å². The largest absolute Gasteiger partial charge is 0.296 e. The number of hydrogen-bond donors (Lipinski definition) is 0. The molecule has 0 unspecified atom stereocenters. The van der Waals surface area contributed by atoms with Gasteiger partial charge in [-0.3, -0.25) is 4.90 Å². The smallest absolute Gasteiger partial charge is 0.251 e. The standard InChI is InChI=1S/C14H14ClF3N2S/c1-20(7-13(17)18)6-10-4-9(2-3-12(10)16)14-19-11(5-15)8-21-14/h2-4,8,13H,5-7H2,1H3. The number of alkyl halides is 3. The Morgan fingerprint density at radius 3 is 2.76 bits per heavy atom. The van der Waals surface area contributed by atoms with E-state index in [-0.39, 0.29) is 6.54 Å². The van der Waals surface area contributed by atoms with Crippen LogP contribution in [-0.4, -0.2) is 29.9 Å². The zero-order chi connectivity index (χ0) is 15.4. The van der Waals surface area contributed by atoms with Gasteiger partial charge in [0.1, 0.15) is 10.8 Å². The molecule has 114 valence electrons. The first-order chi connectivity index (χ1) is 9.99. The highest BCUT2D eigenvalue weighted by atomic mass is 35.5. The van der Waals surface area contributed by atoms with Crippen molar-refractivity contribution < 1.29 is 13.2 Å². The summed E-state index contributed by atoms with van der Waals surface area (Å²) in [5.74, 6) is -0.0872. The highest BCUT2D eigenvalue weighted by molar-refractivity contribution is 7.13. The lowest BCUT2D eigenvalue weighted by molar-refractivity contribution is 0.0971. The zero-order valence-corrected chi connectivity index (χ0v) is 12.9. The SMILES string of the molecule is CN(Cc1cc(-c2nc(CCl)cs2)ccc1F)CC(F)F. The quantitative estimate of drug-likeness (QED) is 0.729. The van der Waals surface area contributed by atoms with Gasteiger partial charge in [0.2, 0.25) is 0 Å². The van der Waals surface area contributed by atoms with Crippen molar-refractivity contribution in [2.24, 2.45) is 0 Å². The van der Waals surface area contributed by atoms with Crippen LogP contribution in [0.15, 0.2) is 23.6 Å². The third kappa shape index (κ3) is 4.43. The predicted octanol–water partition coefficient (Wildman–Crippen LogP) is 4.38. The van der Waals surface area contributed by atoms with Crippen molar-refractivity contribution in [3.8, 4) is 10.6 Å². The fourth-order valence-electron chi connectivity index (χ4n) is 1.92. The third-order valence-electron chi connectivity index (χ3n) is 2.87. The molecule has 7 heteroatoms. The maximum absolute atomic E-state index is 13.8. The minimum Gasteiger partial charge on any atom is -0.296 e. The molecule has 1 aromatic heterocycles. The molecule has 0 saturated heterocycles. The third-order valence-corrected chi connectivity index (χ3v) is 4.09. The summed E-state index contributed by atoms with van der Waals surface area (Å²) in [5.41, 5.74) is 1.90. The Hall–Kier alpha value is -1.11. The van der Waals surface area contributed by atoms with Crippen molar-refractivity contribution in [3.05, 3.63) is 40.7 Å². The summed E-state index contributed by atoms with van der Waals surface area (Å²) in [6.07, 6.45) is -2.44. The van der Waals surface area contributed by atoms with Crippen molar-refractivity contribution in [2.75, 3.05) is 13.6 Å². The summed E-state index contributed by atoms with van der Waals surface area (Å²) >= 11 is 7.13. The van der Waals surface area contributed by atoms with Gasteiger partial charge in [0, 0.05) is 23.1 Å². The van der Waals surface area contributed by atoms with Crippen LogP contribution in [0, 0.1) is 5.82 Å². The number of thiazole rings is 1. The number of halogens is 4. The summed E-state index contributed by atoms with van der Waals surface area (Å²) in [6.45, 7) is -0.269. The second-order valence-corrected chi connectivity index (χ2v) is 5.80. The molecule has 0 saturated carbocycles. The van der Waals surface area contributed by atoms with E-state index in [4.69, 9.17) is 11.6 Å². The van der Waals surface area contributed by atoms with Crippen molar-refractivity contribution in [3.63, 3.8) is 0 Å². The van der Waals surface area contributed by atoms with E-state index in [2.05, 4.69) is 4.98 Å². The number of benzene rings is 1. The van der Waals surface area contributed by atoms with E-state index in [1.807, 2.05) is 5.38 Å². The van der Waals surface area contributed by atoms with Crippen LogP contribution < -0.4 is 0 Å². The first-order valence-electron chi connectivity index (χ1n) is 6.25. The van der Waals surface area contributed by atoms with Gasteiger partial charge in [0.05, 0.1) is 18.1 Å². The van der Waals surface area contributed by atoms with Gasteiger partial charge < -0.3 is 0 Å². The van der Waals surface area contributed by atoms with E-state index in [9.17, 15) is 13.2 Å². The summed E-state index contributed by atoms with van der Waals surface area (Å²) in [6, 6.07) is 4.61. The minimum atomic E-state index is -2.44. The maximum atomic E-state index is 13.8. The van der Waals surface area contributed by atoms with E-state index in [0.29, 0.717) is 11.4 Å². The maximum Gasteiger partial charge on any atom is 0.251 e. The first kappa shape index (κ1) is 16.3. The molecule has 2 aromatic rings. The first-order valence-corrected chi connectivity index (χ1v) is 7.67. The van der Waals surface area contributed by atoms with Gasteiger partial charge in [0.15, 0.2) is 0 Å². The zero-order valence-electron chi connectivity index (χ0n) is 11.3. The highest BCUT2D eigenvalue weighted by Gasteiger charge is 2.13. The number of rotatable bonds is 6. The summed E-state index contributed by atoms with van der Waals surface area (Å²) < 4.78 is 38.4. The molecular weight excluding hydrogens is 321 g/mol. The molecule has 0 aliphatic carbocycles. The molecule has 0 spiro atoms. The molecule has 0 N–H and O–H groups in total. The Kier molecular flexibility index (Phi) is 5.61. The lowest BCUT2D eigenvalue weighted by Gasteiger charge is -2.16. The molecule has 0 aliphatic heterocycles. The Balaban J connectivity index is 2.20. The van der Waals surface area contributed by atoms with Crippen LogP contribution in [0.3, 0.4) is 0 Å². The molecule has 0 radical (unpaired) electrons. The van der Waals surface area contributed by atoms with E-state index in [1.165, 1.54) is 29.4 Å². The summed E-state index contributed by atoms with van der Waals surface area (Å²) in [4.78, 5) is 5.72. The monoisotopic (exact) mass is 334 g/mol. The molecule has 21 heavy (non-hydrogen) atoms. The predicted molar refractivity (Wildman–Crippen MR) is 79.4 cm³/mol. The Morgan fingerprint density at radius 2 is 2.14 bits per heavy atom. The van der Waals surface area contributed by atoms with Gasteiger partial charge in [0.25, 0.3) is 6.43 Å². The minimum absolute atomic E-state index is 0.123. The second-order valence-electron chi connectivity index (χ2n) is 4.67. The van der Waals surface area contributed by atoms with E-state index >= 15 is 0 Å². The van der Waals surface area contributed by atoms with E-state index in [0.717, 1.165) is 16.3 Å². The van der Waals surface area contributed by atoms with Crippen molar-refractivity contribution in [1.82, 2.24) is 9.88 Å². The molecule has 0 aliphatic rings. The van der Waals surface area contributed by atoms with Gasteiger partial charge in [-0.05, 0) is 25.2 Å². The molecule has 1 heterocycles. The van der Waals surface area contributed by atoms with Crippen LogP contribution in [-0.2, 0) is 12.4 Å². The molecule has 2 rings (SSSR count). The van der Waals surface area contributed by atoms with Crippen LogP contribution in [0.5, 0.6) is 0 Å². The van der Waals surface area contributed by atoms with Crippen LogP contribution in [0.25, 0.3) is 10.6 Å². The Labute approximate surface area is 130 Å². The molecule has 0 fully saturated rings. The van der Waals surface area contributed by atoms with Gasteiger partial charge in [-0.25, -0.2) is 18.2 Å². The van der Waals surface area contributed by atoms with Crippen LogP contribution in [0.4, 0.5) is 13.2 Å². The molecule has 2 nitrogen and oxygen atoms in total. The van der Waals surface area contributed by atoms with Crippen molar-refractivity contribution in [1.29, 1.82) is 0 Å². The van der Waals surface area contributed by atoms with E-state index < -0.39 is 18.8 Å². The van der Waals surface area contributed by atoms with Crippen molar-refractivity contribution in [2.45, 2.75) is 18.9 Å². The Morgan fingerprint density at radius 1 is 1.38 bits per heavy atom. The second kappa shape index (κ2) is 7.24. The van der Waals surface area contributed by atoms with Gasteiger partial charge in [-0.15, -0.1) is 22.9 Å². The number of aromatic nitrogens is 1. The average molecular weight is 335 g/mol. The van der Waals surface area contributed by atoms with Crippen LogP contribution in [0.1, 0.15) is 11.3 Å². The molecule has 0 amide bonds. The molecular formula is C14H14ClF3N2S. The average Bonchev–Trinajstić information content (AvgIpc) is 2.89. The van der Waals surface area contributed by atoms with Gasteiger partial charge in [-0.1, -0.05) is 0 Å². The lowest BCUT2D eigenvalue weighted by Crippen LogP contribution is -2.24. The summed E-state index contributed by atoms with van der Waals surface area (Å²) in [7, 11) is 1.53.